The molecule has 1 saturated carbocycles. The van der Waals surface area contributed by atoms with Crippen LogP contribution < -0.4 is 5.32 Å². The van der Waals surface area contributed by atoms with Gasteiger partial charge in [0.15, 0.2) is 0 Å². The average Bonchev–Trinajstić information content (AvgIpc) is 3.43. The van der Waals surface area contributed by atoms with Gasteiger partial charge in [-0.15, -0.1) is 11.3 Å². The minimum atomic E-state index is -0.639. The van der Waals surface area contributed by atoms with Crippen LogP contribution in [0.25, 0.3) is 0 Å². The Morgan fingerprint density at radius 2 is 2.15 bits per heavy atom. The van der Waals surface area contributed by atoms with Gasteiger partial charge in [0.25, 0.3) is 5.91 Å². The van der Waals surface area contributed by atoms with Crippen LogP contribution in [0.2, 0.25) is 0 Å². The number of thiophene rings is 1. The van der Waals surface area contributed by atoms with Crippen molar-refractivity contribution in [2.75, 3.05) is 19.8 Å². The van der Waals surface area contributed by atoms with E-state index in [1.54, 1.807) is 4.90 Å². The first-order chi connectivity index (χ1) is 13.1. The topological polar surface area (TPSA) is 67.9 Å². The number of hydrogen-bond donors (Lipinski definition) is 1. The number of nitrogens with one attached hydrogen (secondary N) is 1. The molecule has 148 valence electrons. The molecule has 7 heteroatoms. The molecule has 1 spiro atoms. The van der Waals surface area contributed by atoms with E-state index in [0.29, 0.717) is 17.3 Å². The predicted molar refractivity (Wildman–Crippen MR) is 103 cm³/mol. The fourth-order valence-electron chi connectivity index (χ4n) is 4.44. The van der Waals surface area contributed by atoms with Crippen LogP contribution >= 0.6 is 11.3 Å². The minimum absolute atomic E-state index is 0.0854. The number of nitrogens with zero attached hydrogens (tertiary/aromatic N) is 1. The minimum Gasteiger partial charge on any atom is -0.376 e. The Morgan fingerprint density at radius 3 is 2.81 bits per heavy atom. The Morgan fingerprint density at radius 1 is 1.33 bits per heavy atom. The van der Waals surface area contributed by atoms with Gasteiger partial charge < -0.3 is 14.8 Å². The lowest BCUT2D eigenvalue weighted by molar-refractivity contribution is -0.128. The molecule has 2 amide bonds. The lowest BCUT2D eigenvalue weighted by atomic mass is 9.83. The maximum absolute atomic E-state index is 13.3. The Hall–Kier alpha value is -1.44. The molecule has 3 fully saturated rings. The Kier molecular flexibility index (Phi) is 5.53. The lowest BCUT2D eigenvalue weighted by Crippen LogP contribution is -2.57. The van der Waals surface area contributed by atoms with E-state index < -0.39 is 11.8 Å². The number of carbonyl (C=O) groups is 2. The standard InChI is InChI=1S/C20H28N2O4S/c1-14-6-8-20(9-7-14)22(19(24)17-5-3-11-27-17)16(13-26-20)18(23)21-12-15-4-2-10-25-15/h3,5,11,14-16H,2,4,6-10,12-13H2,1H3,(H,21,23)/t14?,15-,16+,20?/m1/s1. The first-order valence-corrected chi connectivity index (χ1v) is 10.9. The lowest BCUT2D eigenvalue weighted by Gasteiger charge is -2.42. The molecule has 0 unspecified atom stereocenters. The second-order valence-electron chi connectivity index (χ2n) is 7.99. The molecule has 1 N–H and O–H groups in total. The first kappa shape index (κ1) is 18.9. The van der Waals surface area contributed by atoms with Gasteiger partial charge in [-0.25, -0.2) is 0 Å². The summed E-state index contributed by atoms with van der Waals surface area (Å²) in [6.07, 6.45) is 5.71. The third-order valence-corrected chi connectivity index (χ3v) is 6.96. The summed E-state index contributed by atoms with van der Waals surface area (Å²) in [5.41, 5.74) is -0.639. The quantitative estimate of drug-likeness (QED) is 0.856. The molecule has 27 heavy (non-hydrogen) atoms. The van der Waals surface area contributed by atoms with Gasteiger partial charge >= 0.3 is 0 Å². The maximum Gasteiger partial charge on any atom is 0.266 e. The van der Waals surface area contributed by atoms with Crippen molar-refractivity contribution < 1.29 is 19.1 Å². The summed E-state index contributed by atoms with van der Waals surface area (Å²) in [7, 11) is 0. The highest BCUT2D eigenvalue weighted by molar-refractivity contribution is 7.12. The van der Waals surface area contributed by atoms with Gasteiger partial charge in [-0.05, 0) is 55.9 Å². The second-order valence-corrected chi connectivity index (χ2v) is 8.94. The Bertz CT molecular complexity index is 664. The van der Waals surface area contributed by atoms with Gasteiger partial charge in [-0.2, -0.15) is 0 Å². The molecule has 1 aliphatic carbocycles. The number of hydrogen-bond acceptors (Lipinski definition) is 5. The molecule has 2 saturated heterocycles. The number of carbonyl (C=O) groups excluding carboxylic acids is 2. The summed E-state index contributed by atoms with van der Waals surface area (Å²) in [5, 5.41) is 4.89. The van der Waals surface area contributed by atoms with Crippen molar-refractivity contribution >= 4 is 23.2 Å². The number of amides is 2. The smallest absolute Gasteiger partial charge is 0.266 e. The maximum atomic E-state index is 13.3. The van der Waals surface area contributed by atoms with Gasteiger partial charge in [0.05, 0.1) is 17.6 Å². The van der Waals surface area contributed by atoms with Crippen molar-refractivity contribution in [2.45, 2.75) is 63.3 Å². The van der Waals surface area contributed by atoms with E-state index in [1.807, 2.05) is 17.5 Å². The highest BCUT2D eigenvalue weighted by Gasteiger charge is 2.53. The molecule has 4 rings (SSSR count). The van der Waals surface area contributed by atoms with Gasteiger partial charge in [-0.1, -0.05) is 13.0 Å². The van der Waals surface area contributed by atoms with Crippen molar-refractivity contribution in [1.29, 1.82) is 0 Å². The third-order valence-electron chi connectivity index (χ3n) is 6.10. The van der Waals surface area contributed by atoms with Crippen LogP contribution in [-0.2, 0) is 14.3 Å². The van der Waals surface area contributed by atoms with E-state index in [9.17, 15) is 9.59 Å². The van der Waals surface area contributed by atoms with E-state index in [2.05, 4.69) is 12.2 Å². The molecule has 2 aliphatic heterocycles. The molecule has 0 aromatic carbocycles. The molecule has 1 aromatic rings. The molecule has 3 aliphatic rings. The average molecular weight is 393 g/mol. The molecule has 0 radical (unpaired) electrons. The van der Waals surface area contributed by atoms with Gasteiger partial charge in [0, 0.05) is 13.2 Å². The number of ether oxygens (including phenoxy) is 2. The van der Waals surface area contributed by atoms with Gasteiger partial charge in [-0.3, -0.25) is 14.5 Å². The van der Waals surface area contributed by atoms with Gasteiger partial charge in [0.1, 0.15) is 11.8 Å². The third kappa shape index (κ3) is 3.77. The summed E-state index contributed by atoms with van der Waals surface area (Å²) in [5.74, 6) is 0.408. The van der Waals surface area contributed by atoms with Crippen LogP contribution in [0.3, 0.4) is 0 Å². The zero-order valence-electron chi connectivity index (χ0n) is 15.8. The van der Waals surface area contributed by atoms with Gasteiger partial charge in [0.2, 0.25) is 5.91 Å². The van der Waals surface area contributed by atoms with Crippen LogP contribution in [0.5, 0.6) is 0 Å². The molecule has 2 atom stereocenters. The van der Waals surface area contributed by atoms with Crippen LogP contribution in [0.4, 0.5) is 0 Å². The van der Waals surface area contributed by atoms with E-state index in [1.165, 1.54) is 11.3 Å². The summed E-state index contributed by atoms with van der Waals surface area (Å²) < 4.78 is 11.8. The molecule has 6 nitrogen and oxygen atoms in total. The first-order valence-electron chi connectivity index (χ1n) is 9.99. The SMILES string of the molecule is CC1CCC2(CC1)OC[C@@H](C(=O)NC[C@H]1CCCO1)N2C(=O)c1cccs1. The van der Waals surface area contributed by atoms with Crippen molar-refractivity contribution in [1.82, 2.24) is 10.2 Å². The zero-order chi connectivity index (χ0) is 18.9. The van der Waals surface area contributed by atoms with Crippen molar-refractivity contribution in [2.24, 2.45) is 5.92 Å². The summed E-state index contributed by atoms with van der Waals surface area (Å²) in [4.78, 5) is 28.6. The molecule has 0 bridgehead atoms. The predicted octanol–water partition coefficient (Wildman–Crippen LogP) is 2.79. The monoisotopic (exact) mass is 392 g/mol. The molecular formula is C20H28N2O4S. The summed E-state index contributed by atoms with van der Waals surface area (Å²) in [6.45, 7) is 3.76. The highest BCUT2D eigenvalue weighted by atomic mass is 32.1. The Balaban J connectivity index is 1.52. The fourth-order valence-corrected chi connectivity index (χ4v) is 5.10. The summed E-state index contributed by atoms with van der Waals surface area (Å²) in [6, 6.07) is 3.12. The van der Waals surface area contributed by atoms with Crippen LogP contribution in [0.15, 0.2) is 17.5 Å². The van der Waals surface area contributed by atoms with Crippen molar-refractivity contribution in [3.05, 3.63) is 22.4 Å². The summed E-state index contributed by atoms with van der Waals surface area (Å²) >= 11 is 1.41. The van der Waals surface area contributed by atoms with E-state index in [-0.39, 0.29) is 24.5 Å². The van der Waals surface area contributed by atoms with E-state index in [0.717, 1.165) is 45.1 Å². The fraction of sp³-hybridized carbons (Fsp3) is 0.700. The Labute approximate surface area is 164 Å². The second kappa shape index (κ2) is 7.89. The van der Waals surface area contributed by atoms with Crippen LogP contribution in [0.1, 0.15) is 55.1 Å². The van der Waals surface area contributed by atoms with Crippen molar-refractivity contribution in [3.63, 3.8) is 0 Å². The highest BCUT2D eigenvalue weighted by Crippen LogP contribution is 2.43. The molecular weight excluding hydrogens is 364 g/mol. The van der Waals surface area contributed by atoms with E-state index >= 15 is 0 Å². The normalized spacial score (nSPS) is 33.5. The van der Waals surface area contributed by atoms with Crippen LogP contribution in [-0.4, -0.2) is 54.3 Å². The largest absolute Gasteiger partial charge is 0.376 e. The number of rotatable bonds is 4. The van der Waals surface area contributed by atoms with E-state index in [4.69, 9.17) is 9.47 Å². The molecule has 1 aromatic heterocycles. The van der Waals surface area contributed by atoms with Crippen molar-refractivity contribution in [3.8, 4) is 0 Å². The molecule has 3 heterocycles. The van der Waals surface area contributed by atoms with Crippen LogP contribution in [0, 0.1) is 5.92 Å². The zero-order valence-corrected chi connectivity index (χ0v) is 16.6.